The zero-order valence-corrected chi connectivity index (χ0v) is 10.8. The number of nitrogens with one attached hydrogen (secondary N) is 1. The molecule has 2 aromatic heterocycles. The first-order valence-electron chi connectivity index (χ1n) is 6.10. The van der Waals surface area contributed by atoms with E-state index in [1.807, 2.05) is 6.20 Å². The molecule has 0 aliphatic rings. The molecule has 1 aromatic carbocycles. The van der Waals surface area contributed by atoms with Crippen LogP contribution in [0.1, 0.15) is 12.2 Å². The van der Waals surface area contributed by atoms with Gasteiger partial charge in [0, 0.05) is 11.1 Å². The zero-order valence-electron chi connectivity index (χ0n) is 10.0. The predicted molar refractivity (Wildman–Crippen MR) is 76.8 cm³/mol. The van der Waals surface area contributed by atoms with Crippen molar-refractivity contribution in [2.24, 2.45) is 5.73 Å². The summed E-state index contributed by atoms with van der Waals surface area (Å²) in [5, 5.41) is 1.29. The summed E-state index contributed by atoms with van der Waals surface area (Å²) in [5.41, 5.74) is 6.61. The van der Waals surface area contributed by atoms with Gasteiger partial charge in [0.05, 0.1) is 16.8 Å². The normalized spacial score (nSPS) is 11.2. The van der Waals surface area contributed by atoms with Crippen LogP contribution in [0.15, 0.2) is 36.5 Å². The van der Waals surface area contributed by atoms with E-state index in [0.29, 0.717) is 6.54 Å². The van der Waals surface area contributed by atoms with E-state index in [-0.39, 0.29) is 0 Å². The number of fused-ring (bicyclic) bond motifs is 1. The molecule has 0 fully saturated rings. The lowest BCUT2D eigenvalue weighted by Gasteiger charge is -1.93. The van der Waals surface area contributed by atoms with Crippen LogP contribution in [0.2, 0.25) is 0 Å². The van der Waals surface area contributed by atoms with Crippen molar-refractivity contribution in [3.8, 4) is 10.6 Å². The van der Waals surface area contributed by atoms with Crippen molar-refractivity contribution in [3.63, 3.8) is 0 Å². The molecular weight excluding hydrogens is 242 g/mol. The Morgan fingerprint density at radius 1 is 1.28 bits per heavy atom. The third-order valence-electron chi connectivity index (χ3n) is 2.94. The summed E-state index contributed by atoms with van der Waals surface area (Å²) in [6.07, 6.45) is 3.80. The first-order valence-corrected chi connectivity index (χ1v) is 6.91. The minimum atomic E-state index is 0.707. The summed E-state index contributed by atoms with van der Waals surface area (Å²) in [7, 11) is 0. The number of thiophene rings is 1. The van der Waals surface area contributed by atoms with Crippen molar-refractivity contribution in [3.05, 3.63) is 42.4 Å². The van der Waals surface area contributed by atoms with E-state index in [9.17, 15) is 0 Å². The summed E-state index contributed by atoms with van der Waals surface area (Å²) in [4.78, 5) is 9.00. The Kier molecular flexibility index (Phi) is 3.13. The van der Waals surface area contributed by atoms with Gasteiger partial charge in [-0.1, -0.05) is 18.2 Å². The molecule has 0 saturated carbocycles. The minimum absolute atomic E-state index is 0.707. The van der Waals surface area contributed by atoms with Crippen LogP contribution < -0.4 is 5.73 Å². The monoisotopic (exact) mass is 257 g/mol. The van der Waals surface area contributed by atoms with Crippen molar-refractivity contribution in [1.29, 1.82) is 0 Å². The van der Waals surface area contributed by atoms with Crippen molar-refractivity contribution < 1.29 is 0 Å². The average molecular weight is 257 g/mol. The van der Waals surface area contributed by atoms with Gasteiger partial charge >= 0.3 is 0 Å². The molecule has 0 aliphatic carbocycles. The van der Waals surface area contributed by atoms with Crippen LogP contribution in [0, 0.1) is 0 Å². The molecule has 3 aromatic rings. The van der Waals surface area contributed by atoms with E-state index in [1.165, 1.54) is 15.0 Å². The number of aromatic amines is 1. The molecule has 3 rings (SSSR count). The number of rotatable bonds is 4. The Hall–Kier alpha value is -1.65. The molecule has 3 nitrogen and oxygen atoms in total. The fourth-order valence-electron chi connectivity index (χ4n) is 2.00. The number of aromatic nitrogens is 2. The average Bonchev–Trinajstić information content (AvgIpc) is 3.02. The highest BCUT2D eigenvalue weighted by Gasteiger charge is 2.06. The van der Waals surface area contributed by atoms with Gasteiger partial charge in [0.2, 0.25) is 0 Å². The molecule has 3 N–H and O–H groups in total. The maximum absolute atomic E-state index is 5.51. The lowest BCUT2D eigenvalue weighted by molar-refractivity contribution is 0.794. The van der Waals surface area contributed by atoms with Gasteiger partial charge in [-0.15, -0.1) is 11.3 Å². The Bertz CT molecular complexity index is 621. The lowest BCUT2D eigenvalue weighted by atomic mass is 10.2. The largest absolute Gasteiger partial charge is 0.341 e. The number of benzene rings is 1. The SMILES string of the molecule is NCCCc1ncc(-c2cc3ccccc3s2)[nH]1. The fourth-order valence-corrected chi connectivity index (χ4v) is 3.03. The Labute approximate surface area is 110 Å². The van der Waals surface area contributed by atoms with Crippen LogP contribution in [0.5, 0.6) is 0 Å². The van der Waals surface area contributed by atoms with Gasteiger partial charge in [-0.2, -0.15) is 0 Å². The number of aryl methyl sites for hydroxylation is 1. The quantitative estimate of drug-likeness (QED) is 0.754. The van der Waals surface area contributed by atoms with Gasteiger partial charge in [-0.25, -0.2) is 4.98 Å². The molecule has 92 valence electrons. The third kappa shape index (κ3) is 2.17. The summed E-state index contributed by atoms with van der Waals surface area (Å²) in [6, 6.07) is 10.6. The van der Waals surface area contributed by atoms with Crippen LogP contribution in [-0.4, -0.2) is 16.5 Å². The Morgan fingerprint density at radius 2 is 2.17 bits per heavy atom. The molecule has 18 heavy (non-hydrogen) atoms. The number of nitrogens with zero attached hydrogens (tertiary/aromatic N) is 1. The van der Waals surface area contributed by atoms with Crippen molar-refractivity contribution >= 4 is 21.4 Å². The highest BCUT2D eigenvalue weighted by atomic mass is 32.1. The fraction of sp³-hybridized carbons (Fsp3) is 0.214. The van der Waals surface area contributed by atoms with E-state index in [2.05, 4.69) is 40.3 Å². The first kappa shape index (κ1) is 11.4. The second-order valence-electron chi connectivity index (χ2n) is 4.28. The molecule has 2 heterocycles. The van der Waals surface area contributed by atoms with Gasteiger partial charge in [-0.3, -0.25) is 0 Å². The summed E-state index contributed by atoms with van der Waals surface area (Å²) in [6.45, 7) is 0.707. The van der Waals surface area contributed by atoms with Crippen molar-refractivity contribution in [2.45, 2.75) is 12.8 Å². The van der Waals surface area contributed by atoms with Gasteiger partial charge in [0.1, 0.15) is 5.82 Å². The number of nitrogens with two attached hydrogens (primary N) is 1. The van der Waals surface area contributed by atoms with Gasteiger partial charge in [0.15, 0.2) is 0 Å². The number of hydrogen-bond acceptors (Lipinski definition) is 3. The topological polar surface area (TPSA) is 54.7 Å². The highest BCUT2D eigenvalue weighted by molar-refractivity contribution is 7.22. The molecule has 0 saturated heterocycles. The minimum Gasteiger partial charge on any atom is -0.341 e. The Balaban J connectivity index is 1.91. The standard InChI is InChI=1S/C14H15N3S/c15-7-3-6-14-16-9-11(17-14)13-8-10-4-1-2-5-12(10)18-13/h1-2,4-5,8-9H,3,6-7,15H2,(H,16,17). The smallest absolute Gasteiger partial charge is 0.106 e. The van der Waals surface area contributed by atoms with Crippen LogP contribution >= 0.6 is 11.3 Å². The zero-order chi connectivity index (χ0) is 12.4. The maximum atomic E-state index is 5.51. The predicted octanol–water partition coefficient (Wildman–Crippen LogP) is 3.18. The van der Waals surface area contributed by atoms with E-state index in [1.54, 1.807) is 11.3 Å². The molecule has 0 atom stereocenters. The van der Waals surface area contributed by atoms with Crippen LogP contribution in [-0.2, 0) is 6.42 Å². The third-order valence-corrected chi connectivity index (χ3v) is 4.09. The number of hydrogen-bond donors (Lipinski definition) is 2. The molecule has 0 spiro atoms. The van der Waals surface area contributed by atoms with Crippen LogP contribution in [0.25, 0.3) is 20.7 Å². The van der Waals surface area contributed by atoms with Gasteiger partial charge in [0.25, 0.3) is 0 Å². The van der Waals surface area contributed by atoms with Gasteiger partial charge in [-0.05, 0) is 30.5 Å². The number of H-pyrrole nitrogens is 1. The van der Waals surface area contributed by atoms with Crippen LogP contribution in [0.4, 0.5) is 0 Å². The van der Waals surface area contributed by atoms with E-state index < -0.39 is 0 Å². The van der Waals surface area contributed by atoms with E-state index >= 15 is 0 Å². The highest BCUT2D eigenvalue weighted by Crippen LogP contribution is 2.32. The second kappa shape index (κ2) is 4.92. The molecule has 0 radical (unpaired) electrons. The maximum Gasteiger partial charge on any atom is 0.106 e. The number of imidazole rings is 1. The van der Waals surface area contributed by atoms with E-state index in [4.69, 9.17) is 5.73 Å². The molecular formula is C14H15N3S. The summed E-state index contributed by atoms with van der Waals surface area (Å²) < 4.78 is 1.31. The Morgan fingerprint density at radius 3 is 3.00 bits per heavy atom. The first-order chi connectivity index (χ1) is 8.86. The van der Waals surface area contributed by atoms with Gasteiger partial charge < -0.3 is 10.7 Å². The summed E-state index contributed by atoms with van der Waals surface area (Å²) >= 11 is 1.79. The molecule has 0 unspecified atom stereocenters. The lowest BCUT2D eigenvalue weighted by Crippen LogP contribution is -2.01. The van der Waals surface area contributed by atoms with Crippen molar-refractivity contribution in [2.75, 3.05) is 6.54 Å². The molecule has 0 bridgehead atoms. The molecule has 0 amide bonds. The van der Waals surface area contributed by atoms with Crippen LogP contribution in [0.3, 0.4) is 0 Å². The van der Waals surface area contributed by atoms with Crippen molar-refractivity contribution in [1.82, 2.24) is 9.97 Å². The molecule has 0 aliphatic heterocycles. The second-order valence-corrected chi connectivity index (χ2v) is 5.37. The van der Waals surface area contributed by atoms with E-state index in [0.717, 1.165) is 24.4 Å². The summed E-state index contributed by atoms with van der Waals surface area (Å²) in [5.74, 6) is 1.02. The molecule has 4 heteroatoms.